The fraction of sp³-hybridized carbons (Fsp3) is 0. The zero-order chi connectivity index (χ0) is 14.0. The van der Waals surface area contributed by atoms with Gasteiger partial charge in [0.15, 0.2) is 0 Å². The predicted octanol–water partition coefficient (Wildman–Crippen LogP) is 2.99. The second-order valence-electron chi connectivity index (χ2n) is 3.58. The summed E-state index contributed by atoms with van der Waals surface area (Å²) in [6.07, 6.45) is 1.25. The smallest absolute Gasteiger partial charge is 0.254 e. The van der Waals surface area contributed by atoms with Gasteiger partial charge in [-0.05, 0) is 12.1 Å². The molecule has 1 heterocycles. The van der Waals surface area contributed by atoms with Crippen LogP contribution in [0.15, 0.2) is 30.5 Å². The maximum Gasteiger partial charge on any atom is 0.254 e. The Morgan fingerprint density at radius 3 is 2.58 bits per heavy atom. The summed E-state index contributed by atoms with van der Waals surface area (Å²) < 4.78 is 5.44. The number of aromatic hydroxyl groups is 1. The monoisotopic (exact) mass is 298 g/mol. The summed E-state index contributed by atoms with van der Waals surface area (Å²) in [6, 6.07) is 5.97. The molecule has 3 N–H and O–H groups in total. The summed E-state index contributed by atoms with van der Waals surface area (Å²) in [5, 5.41) is 10.1. The van der Waals surface area contributed by atoms with Crippen molar-refractivity contribution in [2.75, 3.05) is 0 Å². The number of benzene rings is 1. The number of nitrogens with two attached hydrogens (primary N) is 1. The zero-order valence-electron chi connectivity index (χ0n) is 9.43. The van der Waals surface area contributed by atoms with Crippen LogP contribution in [-0.4, -0.2) is 16.0 Å². The minimum Gasteiger partial charge on any atom is -0.493 e. The number of halogens is 2. The van der Waals surface area contributed by atoms with E-state index < -0.39 is 11.8 Å². The van der Waals surface area contributed by atoms with Crippen molar-refractivity contribution in [2.45, 2.75) is 0 Å². The van der Waals surface area contributed by atoms with Crippen molar-refractivity contribution in [3.05, 3.63) is 46.1 Å². The van der Waals surface area contributed by atoms with Gasteiger partial charge < -0.3 is 15.6 Å². The normalized spacial score (nSPS) is 10.2. The second-order valence-corrected chi connectivity index (χ2v) is 4.40. The van der Waals surface area contributed by atoms with Gasteiger partial charge >= 0.3 is 0 Å². The standard InChI is InChI=1S/C12H8Cl2N2O3/c13-9-2-1-6(4-10(9)14)19-7-3-8(11(15)17)12(18)16-5-7/h1-5H,(H2,15,17)(H,16,18). The van der Waals surface area contributed by atoms with Crippen LogP contribution < -0.4 is 10.5 Å². The van der Waals surface area contributed by atoms with E-state index in [0.29, 0.717) is 15.8 Å². The number of aromatic nitrogens is 1. The first-order valence-corrected chi connectivity index (χ1v) is 5.84. The van der Waals surface area contributed by atoms with Crippen molar-refractivity contribution in [1.29, 1.82) is 0 Å². The van der Waals surface area contributed by atoms with Crippen LogP contribution in [0, 0.1) is 0 Å². The molecule has 1 aromatic carbocycles. The highest BCUT2D eigenvalue weighted by Crippen LogP contribution is 2.30. The summed E-state index contributed by atoms with van der Waals surface area (Å²) in [4.78, 5) is 14.7. The molecule has 19 heavy (non-hydrogen) atoms. The van der Waals surface area contributed by atoms with Crippen molar-refractivity contribution in [2.24, 2.45) is 5.73 Å². The number of nitrogens with zero attached hydrogens (tertiary/aromatic N) is 1. The summed E-state index contributed by atoms with van der Waals surface area (Å²) in [5.74, 6) is -0.596. The molecule has 2 aromatic rings. The van der Waals surface area contributed by atoms with E-state index in [1.165, 1.54) is 18.3 Å². The number of ether oxygens (including phenoxy) is 1. The molecule has 2 rings (SSSR count). The zero-order valence-corrected chi connectivity index (χ0v) is 10.9. The summed E-state index contributed by atoms with van der Waals surface area (Å²) in [6.45, 7) is 0. The number of carbonyl (C=O) groups excluding carboxylic acids is 1. The van der Waals surface area contributed by atoms with Gasteiger partial charge in [-0.3, -0.25) is 4.79 Å². The maximum atomic E-state index is 11.1. The molecular formula is C12H8Cl2N2O3. The molecule has 5 nitrogen and oxygen atoms in total. The Morgan fingerprint density at radius 1 is 1.21 bits per heavy atom. The van der Waals surface area contributed by atoms with E-state index >= 15 is 0 Å². The third-order valence-corrected chi connectivity index (χ3v) is 2.97. The number of hydrogen-bond donors (Lipinski definition) is 2. The number of amides is 1. The molecule has 0 radical (unpaired) electrons. The number of pyridine rings is 1. The van der Waals surface area contributed by atoms with E-state index in [1.54, 1.807) is 12.1 Å². The van der Waals surface area contributed by atoms with Crippen LogP contribution in [0.3, 0.4) is 0 Å². The molecule has 0 bridgehead atoms. The van der Waals surface area contributed by atoms with Crippen LogP contribution in [0.4, 0.5) is 0 Å². The molecule has 0 atom stereocenters. The van der Waals surface area contributed by atoms with Gasteiger partial charge in [-0.15, -0.1) is 0 Å². The molecule has 0 saturated carbocycles. The van der Waals surface area contributed by atoms with Crippen molar-refractivity contribution in [3.63, 3.8) is 0 Å². The van der Waals surface area contributed by atoms with Crippen LogP contribution in [0.2, 0.25) is 10.0 Å². The molecule has 1 aromatic heterocycles. The van der Waals surface area contributed by atoms with Gasteiger partial charge in [-0.2, -0.15) is 0 Å². The average Bonchev–Trinajstić information content (AvgIpc) is 2.36. The maximum absolute atomic E-state index is 11.1. The minimum absolute atomic E-state index is 0.127. The highest BCUT2D eigenvalue weighted by Gasteiger charge is 2.11. The van der Waals surface area contributed by atoms with Gasteiger partial charge in [-0.1, -0.05) is 23.2 Å². The largest absolute Gasteiger partial charge is 0.493 e. The van der Waals surface area contributed by atoms with Crippen LogP contribution in [0.25, 0.3) is 0 Å². The van der Waals surface area contributed by atoms with Gasteiger partial charge in [0.05, 0.1) is 16.2 Å². The Labute approximate surface area is 118 Å². The van der Waals surface area contributed by atoms with Crippen LogP contribution in [-0.2, 0) is 0 Å². The lowest BCUT2D eigenvalue weighted by Crippen LogP contribution is -2.11. The van der Waals surface area contributed by atoms with Crippen LogP contribution in [0.5, 0.6) is 17.4 Å². The lowest BCUT2D eigenvalue weighted by Gasteiger charge is -2.07. The van der Waals surface area contributed by atoms with Crippen LogP contribution in [0.1, 0.15) is 10.4 Å². The first kappa shape index (κ1) is 13.5. The molecule has 1 amide bonds. The van der Waals surface area contributed by atoms with Gasteiger partial charge in [0.25, 0.3) is 5.91 Å². The fourth-order valence-corrected chi connectivity index (χ4v) is 1.64. The Hall–Kier alpha value is -1.98. The topological polar surface area (TPSA) is 85.4 Å². The van der Waals surface area contributed by atoms with E-state index in [0.717, 1.165) is 0 Å². The molecular weight excluding hydrogens is 291 g/mol. The number of hydrogen-bond acceptors (Lipinski definition) is 4. The first-order chi connectivity index (χ1) is 8.97. The summed E-state index contributed by atoms with van der Waals surface area (Å²) >= 11 is 11.6. The van der Waals surface area contributed by atoms with Crippen molar-refractivity contribution in [3.8, 4) is 17.4 Å². The summed E-state index contributed by atoms with van der Waals surface area (Å²) in [5.41, 5.74) is 4.96. The second kappa shape index (κ2) is 5.34. The third-order valence-electron chi connectivity index (χ3n) is 2.23. The van der Waals surface area contributed by atoms with E-state index in [9.17, 15) is 9.90 Å². The Balaban J connectivity index is 2.30. The van der Waals surface area contributed by atoms with E-state index in [4.69, 9.17) is 33.7 Å². The van der Waals surface area contributed by atoms with Crippen LogP contribution >= 0.6 is 23.2 Å². The third kappa shape index (κ3) is 3.07. The van der Waals surface area contributed by atoms with E-state index in [-0.39, 0.29) is 11.3 Å². The van der Waals surface area contributed by atoms with Gasteiger partial charge in [0, 0.05) is 12.1 Å². The van der Waals surface area contributed by atoms with E-state index in [1.807, 2.05) is 0 Å². The number of carbonyl (C=O) groups is 1. The molecule has 98 valence electrons. The SMILES string of the molecule is NC(=O)c1cc(Oc2ccc(Cl)c(Cl)c2)cnc1O. The quantitative estimate of drug-likeness (QED) is 0.912. The molecule has 0 spiro atoms. The average molecular weight is 299 g/mol. The number of primary amides is 1. The lowest BCUT2D eigenvalue weighted by atomic mass is 10.2. The van der Waals surface area contributed by atoms with Crippen molar-refractivity contribution >= 4 is 29.1 Å². The first-order valence-electron chi connectivity index (χ1n) is 5.09. The molecule has 0 unspecified atom stereocenters. The predicted molar refractivity (Wildman–Crippen MR) is 71.0 cm³/mol. The molecule has 0 aliphatic carbocycles. The fourth-order valence-electron chi connectivity index (χ4n) is 1.35. The molecule has 0 fully saturated rings. The van der Waals surface area contributed by atoms with Gasteiger partial charge in [0.1, 0.15) is 17.1 Å². The van der Waals surface area contributed by atoms with Gasteiger partial charge in [-0.25, -0.2) is 4.98 Å². The Kier molecular flexibility index (Phi) is 3.78. The Morgan fingerprint density at radius 2 is 1.95 bits per heavy atom. The van der Waals surface area contributed by atoms with Crippen molar-refractivity contribution in [1.82, 2.24) is 4.98 Å². The highest BCUT2D eigenvalue weighted by molar-refractivity contribution is 6.42. The van der Waals surface area contributed by atoms with Crippen molar-refractivity contribution < 1.29 is 14.6 Å². The molecule has 0 aliphatic rings. The highest BCUT2D eigenvalue weighted by atomic mass is 35.5. The van der Waals surface area contributed by atoms with Gasteiger partial charge in [0.2, 0.25) is 5.88 Å². The van der Waals surface area contributed by atoms with E-state index in [2.05, 4.69) is 4.98 Å². The summed E-state index contributed by atoms with van der Waals surface area (Å²) in [7, 11) is 0. The molecule has 0 aliphatic heterocycles. The minimum atomic E-state index is -0.801. The Bertz CT molecular complexity index is 647. The number of rotatable bonds is 3. The molecule has 0 saturated heterocycles. The molecule has 7 heteroatoms. The lowest BCUT2D eigenvalue weighted by molar-refractivity contribution is 0.0996.